The van der Waals surface area contributed by atoms with Crippen LogP contribution in [-0.2, 0) is 11.2 Å². The average Bonchev–Trinajstić information content (AvgIpc) is 2.39. The van der Waals surface area contributed by atoms with Gasteiger partial charge in [-0.3, -0.25) is 4.79 Å². The Kier molecular flexibility index (Phi) is 7.26. The Morgan fingerprint density at radius 3 is 2.56 bits per heavy atom. The molecule has 1 N–H and O–H groups in total. The fourth-order valence-electron chi connectivity index (χ4n) is 1.62. The summed E-state index contributed by atoms with van der Waals surface area (Å²) in [6.07, 6.45) is 3.47. The number of hydrogen-bond acceptors (Lipinski definition) is 2. The maximum atomic E-state index is 11.6. The molecule has 1 amide bonds. The van der Waals surface area contributed by atoms with E-state index in [1.54, 1.807) is 7.11 Å². The van der Waals surface area contributed by atoms with Crippen molar-refractivity contribution < 1.29 is 9.53 Å². The molecular weight excluding hydrogens is 250 g/mol. The summed E-state index contributed by atoms with van der Waals surface area (Å²) in [7, 11) is 1.63. The summed E-state index contributed by atoms with van der Waals surface area (Å²) in [5, 5.41) is 2.91. The second-order valence-corrected chi connectivity index (χ2v) is 4.50. The fourth-order valence-corrected chi connectivity index (χ4v) is 1.80. The van der Waals surface area contributed by atoms with Crippen LogP contribution in [0.1, 0.15) is 24.8 Å². The summed E-state index contributed by atoms with van der Waals surface area (Å²) in [6, 6.07) is 7.55. The lowest BCUT2D eigenvalue weighted by molar-refractivity contribution is -0.120. The highest BCUT2D eigenvalue weighted by Crippen LogP contribution is 2.11. The number of halogens is 1. The van der Waals surface area contributed by atoms with Gasteiger partial charge in [0.2, 0.25) is 5.91 Å². The summed E-state index contributed by atoms with van der Waals surface area (Å²) in [5.41, 5.74) is 0.994. The predicted molar refractivity (Wildman–Crippen MR) is 74.3 cm³/mol. The molecule has 0 aromatic heterocycles. The van der Waals surface area contributed by atoms with Crippen molar-refractivity contribution in [3.05, 3.63) is 29.8 Å². The molecule has 0 aliphatic heterocycles. The van der Waals surface area contributed by atoms with Crippen molar-refractivity contribution in [3.8, 4) is 5.75 Å². The lowest BCUT2D eigenvalue weighted by Crippen LogP contribution is -2.26. The maximum absolute atomic E-state index is 11.6. The van der Waals surface area contributed by atoms with E-state index in [1.807, 2.05) is 24.3 Å². The lowest BCUT2D eigenvalue weighted by Gasteiger charge is -2.05. The first-order valence-electron chi connectivity index (χ1n) is 6.22. The fraction of sp³-hybridized carbons (Fsp3) is 0.500. The number of methoxy groups -OCH3 is 1. The standard InChI is InChI=1S/C14H20ClNO2/c1-18-13-7-5-12(6-8-13)11-14(17)16-10-4-2-3-9-15/h5-8H,2-4,9-11H2,1H3,(H,16,17). The van der Waals surface area contributed by atoms with Gasteiger partial charge in [0.25, 0.3) is 0 Å². The Labute approximate surface area is 113 Å². The van der Waals surface area contributed by atoms with Gasteiger partial charge >= 0.3 is 0 Å². The zero-order valence-electron chi connectivity index (χ0n) is 10.7. The van der Waals surface area contributed by atoms with Crippen LogP contribution in [0.25, 0.3) is 0 Å². The molecule has 0 bridgehead atoms. The van der Waals surface area contributed by atoms with Crippen molar-refractivity contribution >= 4 is 17.5 Å². The quantitative estimate of drug-likeness (QED) is 0.582. The zero-order valence-corrected chi connectivity index (χ0v) is 11.5. The molecule has 100 valence electrons. The van der Waals surface area contributed by atoms with Crippen LogP contribution in [0.2, 0.25) is 0 Å². The molecule has 3 nitrogen and oxygen atoms in total. The molecular formula is C14H20ClNO2. The molecule has 0 aliphatic rings. The molecule has 0 saturated carbocycles. The van der Waals surface area contributed by atoms with E-state index in [0.29, 0.717) is 12.3 Å². The number of amides is 1. The number of rotatable bonds is 8. The van der Waals surface area contributed by atoms with Gasteiger partial charge in [0.1, 0.15) is 5.75 Å². The van der Waals surface area contributed by atoms with Crippen LogP contribution in [0.3, 0.4) is 0 Å². The molecule has 1 rings (SSSR count). The third-order valence-electron chi connectivity index (χ3n) is 2.66. The molecule has 0 unspecified atom stereocenters. The van der Waals surface area contributed by atoms with Gasteiger partial charge in [-0.1, -0.05) is 18.6 Å². The van der Waals surface area contributed by atoms with E-state index in [0.717, 1.165) is 37.1 Å². The van der Waals surface area contributed by atoms with Gasteiger partial charge in [-0.25, -0.2) is 0 Å². The van der Waals surface area contributed by atoms with E-state index in [2.05, 4.69) is 5.32 Å². The van der Waals surface area contributed by atoms with Gasteiger partial charge in [0.15, 0.2) is 0 Å². The number of benzene rings is 1. The van der Waals surface area contributed by atoms with Crippen LogP contribution < -0.4 is 10.1 Å². The number of carbonyl (C=O) groups is 1. The SMILES string of the molecule is COc1ccc(CC(=O)NCCCCCCl)cc1. The van der Waals surface area contributed by atoms with Gasteiger partial charge in [-0.2, -0.15) is 0 Å². The minimum absolute atomic E-state index is 0.0611. The summed E-state index contributed by atoms with van der Waals surface area (Å²) in [5.74, 6) is 1.56. The van der Waals surface area contributed by atoms with Crippen LogP contribution in [0.4, 0.5) is 0 Å². The van der Waals surface area contributed by atoms with E-state index in [-0.39, 0.29) is 5.91 Å². The van der Waals surface area contributed by atoms with Crippen molar-refractivity contribution in [2.75, 3.05) is 19.5 Å². The highest BCUT2D eigenvalue weighted by molar-refractivity contribution is 6.17. The van der Waals surface area contributed by atoms with Gasteiger partial charge in [-0.15, -0.1) is 11.6 Å². The van der Waals surface area contributed by atoms with Crippen molar-refractivity contribution in [1.29, 1.82) is 0 Å². The Morgan fingerprint density at radius 1 is 1.22 bits per heavy atom. The van der Waals surface area contributed by atoms with Crippen LogP contribution in [-0.4, -0.2) is 25.4 Å². The Morgan fingerprint density at radius 2 is 1.94 bits per heavy atom. The molecule has 18 heavy (non-hydrogen) atoms. The Hall–Kier alpha value is -1.22. The molecule has 4 heteroatoms. The Balaban J connectivity index is 2.22. The first kappa shape index (κ1) is 14.8. The van der Waals surface area contributed by atoms with E-state index in [9.17, 15) is 4.79 Å². The second-order valence-electron chi connectivity index (χ2n) is 4.12. The molecule has 0 spiro atoms. The van der Waals surface area contributed by atoms with Crippen LogP contribution in [0.5, 0.6) is 5.75 Å². The molecule has 1 aromatic carbocycles. The number of ether oxygens (including phenoxy) is 1. The van der Waals surface area contributed by atoms with E-state index >= 15 is 0 Å². The third kappa shape index (κ3) is 5.92. The van der Waals surface area contributed by atoms with Crippen LogP contribution >= 0.6 is 11.6 Å². The minimum atomic E-state index is 0.0611. The molecule has 0 fully saturated rings. The summed E-state index contributed by atoms with van der Waals surface area (Å²) in [4.78, 5) is 11.6. The number of alkyl halides is 1. The van der Waals surface area contributed by atoms with E-state index in [1.165, 1.54) is 0 Å². The zero-order chi connectivity index (χ0) is 13.2. The van der Waals surface area contributed by atoms with E-state index in [4.69, 9.17) is 16.3 Å². The average molecular weight is 270 g/mol. The monoisotopic (exact) mass is 269 g/mol. The summed E-state index contributed by atoms with van der Waals surface area (Å²) >= 11 is 5.58. The largest absolute Gasteiger partial charge is 0.497 e. The minimum Gasteiger partial charge on any atom is -0.497 e. The normalized spacial score (nSPS) is 10.1. The lowest BCUT2D eigenvalue weighted by atomic mass is 10.1. The third-order valence-corrected chi connectivity index (χ3v) is 2.92. The number of carbonyl (C=O) groups excluding carboxylic acids is 1. The molecule has 0 atom stereocenters. The number of unbranched alkanes of at least 4 members (excludes halogenated alkanes) is 2. The molecule has 0 heterocycles. The Bertz CT molecular complexity index is 351. The molecule has 0 radical (unpaired) electrons. The number of nitrogens with one attached hydrogen (secondary N) is 1. The number of hydrogen-bond donors (Lipinski definition) is 1. The smallest absolute Gasteiger partial charge is 0.224 e. The van der Waals surface area contributed by atoms with Crippen molar-refractivity contribution in [3.63, 3.8) is 0 Å². The highest BCUT2D eigenvalue weighted by Gasteiger charge is 2.02. The predicted octanol–water partition coefficient (Wildman–Crippen LogP) is 2.76. The van der Waals surface area contributed by atoms with Gasteiger partial charge in [-0.05, 0) is 30.5 Å². The van der Waals surface area contributed by atoms with Crippen molar-refractivity contribution in [2.45, 2.75) is 25.7 Å². The first-order valence-corrected chi connectivity index (χ1v) is 6.75. The molecule has 0 aliphatic carbocycles. The van der Waals surface area contributed by atoms with E-state index < -0.39 is 0 Å². The summed E-state index contributed by atoms with van der Waals surface area (Å²) in [6.45, 7) is 0.728. The summed E-state index contributed by atoms with van der Waals surface area (Å²) < 4.78 is 5.07. The topological polar surface area (TPSA) is 38.3 Å². The second kappa shape index (κ2) is 8.81. The highest BCUT2D eigenvalue weighted by atomic mass is 35.5. The van der Waals surface area contributed by atoms with Crippen molar-refractivity contribution in [2.24, 2.45) is 0 Å². The van der Waals surface area contributed by atoms with Gasteiger partial charge in [0, 0.05) is 12.4 Å². The van der Waals surface area contributed by atoms with Gasteiger partial charge < -0.3 is 10.1 Å². The molecule has 1 aromatic rings. The maximum Gasteiger partial charge on any atom is 0.224 e. The molecule has 0 saturated heterocycles. The van der Waals surface area contributed by atoms with Crippen molar-refractivity contribution in [1.82, 2.24) is 5.32 Å². The van der Waals surface area contributed by atoms with Crippen LogP contribution in [0, 0.1) is 0 Å². The first-order chi connectivity index (χ1) is 8.76. The van der Waals surface area contributed by atoms with Crippen LogP contribution in [0.15, 0.2) is 24.3 Å². The van der Waals surface area contributed by atoms with Gasteiger partial charge in [0.05, 0.1) is 13.5 Å².